The van der Waals surface area contributed by atoms with E-state index in [1.165, 1.54) is 5.56 Å². The van der Waals surface area contributed by atoms with Gasteiger partial charge in [0, 0.05) is 17.0 Å². The average Bonchev–Trinajstić information content (AvgIpc) is 2.74. The molecule has 0 bridgehead atoms. The van der Waals surface area contributed by atoms with Gasteiger partial charge in [-0.2, -0.15) is 0 Å². The van der Waals surface area contributed by atoms with Crippen molar-refractivity contribution >= 4 is 22.6 Å². The normalized spacial score (nSPS) is 11.9. The number of fused-ring (bicyclic) bond motifs is 1. The molecule has 0 saturated carbocycles. The van der Waals surface area contributed by atoms with E-state index in [-0.39, 0.29) is 5.56 Å². The lowest BCUT2D eigenvalue weighted by Gasteiger charge is -2.08. The largest absolute Gasteiger partial charge is 0.478 e. The molecule has 3 aromatic carbocycles. The summed E-state index contributed by atoms with van der Waals surface area (Å²) in [6.45, 7) is 6.37. The van der Waals surface area contributed by atoms with E-state index >= 15 is 0 Å². The van der Waals surface area contributed by atoms with Gasteiger partial charge < -0.3 is 9.52 Å². The minimum absolute atomic E-state index is 0.239. The van der Waals surface area contributed by atoms with Crippen LogP contribution >= 0.6 is 0 Å². The third-order valence-electron chi connectivity index (χ3n) is 5.12. The molecule has 0 spiro atoms. The van der Waals surface area contributed by atoms with Crippen LogP contribution in [0.4, 0.5) is 5.69 Å². The second-order valence-corrected chi connectivity index (χ2v) is 7.74. The monoisotopic (exact) mass is 397 g/mol. The van der Waals surface area contributed by atoms with Gasteiger partial charge in [0.15, 0.2) is 0 Å². The van der Waals surface area contributed by atoms with E-state index in [0.717, 1.165) is 33.2 Å². The van der Waals surface area contributed by atoms with Gasteiger partial charge in [-0.3, -0.25) is 0 Å². The highest BCUT2D eigenvalue weighted by Crippen LogP contribution is 2.25. The second-order valence-electron chi connectivity index (χ2n) is 7.74. The standard InChI is InChI=1S/C26H23NO3/c1-16(2)18-5-7-19(8-6-18)25-15-23(22-14-17(3)4-13-24(22)30-25)27-21-11-9-20(10-12-21)26(28)29/h4-16H,1-3H3,(H,28,29). The van der Waals surface area contributed by atoms with Gasteiger partial charge in [0.1, 0.15) is 11.3 Å². The van der Waals surface area contributed by atoms with Crippen LogP contribution in [0.1, 0.15) is 41.3 Å². The fourth-order valence-electron chi connectivity index (χ4n) is 3.37. The molecule has 0 fully saturated rings. The number of benzene rings is 3. The van der Waals surface area contributed by atoms with Crippen LogP contribution < -0.4 is 5.36 Å². The van der Waals surface area contributed by atoms with Gasteiger partial charge in [-0.25, -0.2) is 9.79 Å². The fraction of sp³-hybridized carbons (Fsp3) is 0.154. The lowest BCUT2D eigenvalue weighted by molar-refractivity contribution is 0.0697. The van der Waals surface area contributed by atoms with Crippen molar-refractivity contribution in [2.24, 2.45) is 4.99 Å². The molecule has 1 heterocycles. The van der Waals surface area contributed by atoms with Crippen molar-refractivity contribution in [3.05, 3.63) is 94.8 Å². The van der Waals surface area contributed by atoms with Crippen LogP contribution in [-0.2, 0) is 0 Å². The van der Waals surface area contributed by atoms with Crippen LogP contribution in [-0.4, -0.2) is 11.1 Å². The summed E-state index contributed by atoms with van der Waals surface area (Å²) in [7, 11) is 0. The molecule has 4 heteroatoms. The predicted molar refractivity (Wildman–Crippen MR) is 119 cm³/mol. The van der Waals surface area contributed by atoms with E-state index in [2.05, 4.69) is 44.2 Å². The fourth-order valence-corrected chi connectivity index (χ4v) is 3.37. The molecule has 1 N–H and O–H groups in total. The zero-order valence-corrected chi connectivity index (χ0v) is 17.2. The second kappa shape index (κ2) is 7.99. The van der Waals surface area contributed by atoms with Crippen LogP contribution in [0.2, 0.25) is 0 Å². The summed E-state index contributed by atoms with van der Waals surface area (Å²) < 4.78 is 6.19. The molecule has 0 unspecified atom stereocenters. The smallest absolute Gasteiger partial charge is 0.335 e. The highest BCUT2D eigenvalue weighted by atomic mass is 16.4. The van der Waals surface area contributed by atoms with Crippen molar-refractivity contribution in [2.75, 3.05) is 0 Å². The summed E-state index contributed by atoms with van der Waals surface area (Å²) in [5, 5.41) is 10.8. The van der Waals surface area contributed by atoms with Gasteiger partial charge in [-0.1, -0.05) is 49.7 Å². The Morgan fingerprint density at radius 1 is 0.933 bits per heavy atom. The predicted octanol–water partition coefficient (Wildman–Crippen LogP) is 6.46. The van der Waals surface area contributed by atoms with Gasteiger partial charge >= 0.3 is 5.97 Å². The highest BCUT2D eigenvalue weighted by Gasteiger charge is 2.08. The molecule has 0 saturated heterocycles. The lowest BCUT2D eigenvalue weighted by Crippen LogP contribution is -2.04. The summed E-state index contributed by atoms with van der Waals surface area (Å²) >= 11 is 0. The van der Waals surface area contributed by atoms with Crippen molar-refractivity contribution in [3.63, 3.8) is 0 Å². The maximum Gasteiger partial charge on any atom is 0.335 e. The Morgan fingerprint density at radius 2 is 1.63 bits per heavy atom. The molecule has 4 aromatic rings. The number of aromatic carboxylic acids is 1. The molecule has 0 aliphatic heterocycles. The molecule has 0 radical (unpaired) electrons. The maximum atomic E-state index is 11.1. The quantitative estimate of drug-likeness (QED) is 0.430. The summed E-state index contributed by atoms with van der Waals surface area (Å²) in [6.07, 6.45) is 0. The molecule has 30 heavy (non-hydrogen) atoms. The number of hydrogen-bond donors (Lipinski definition) is 1. The Bertz CT molecular complexity index is 1280. The van der Waals surface area contributed by atoms with Crippen molar-refractivity contribution < 1.29 is 14.3 Å². The summed E-state index contributed by atoms with van der Waals surface area (Å²) in [5.41, 5.74) is 5.06. The molecule has 150 valence electrons. The van der Waals surface area contributed by atoms with E-state index < -0.39 is 5.97 Å². The van der Waals surface area contributed by atoms with Crippen molar-refractivity contribution in [1.29, 1.82) is 0 Å². The Morgan fingerprint density at radius 3 is 2.27 bits per heavy atom. The first-order valence-corrected chi connectivity index (χ1v) is 9.93. The molecule has 1 aromatic heterocycles. The number of carboxylic acid groups (broad SMARTS) is 1. The van der Waals surface area contributed by atoms with Gasteiger partial charge in [0.25, 0.3) is 0 Å². The highest BCUT2D eigenvalue weighted by molar-refractivity contribution is 5.88. The first kappa shape index (κ1) is 19.6. The average molecular weight is 397 g/mol. The third kappa shape index (κ3) is 4.03. The van der Waals surface area contributed by atoms with Gasteiger partial charge in [-0.15, -0.1) is 0 Å². The number of aryl methyl sites for hydroxylation is 1. The van der Waals surface area contributed by atoms with Crippen molar-refractivity contribution in [1.82, 2.24) is 0 Å². The van der Waals surface area contributed by atoms with Gasteiger partial charge in [0.2, 0.25) is 0 Å². The number of hydrogen-bond acceptors (Lipinski definition) is 3. The topological polar surface area (TPSA) is 62.8 Å². The lowest BCUT2D eigenvalue weighted by atomic mass is 10.0. The SMILES string of the molecule is Cc1ccc2oc(-c3ccc(C(C)C)cc3)cc(=Nc3ccc(C(=O)O)cc3)c2c1. The Balaban J connectivity index is 1.88. The van der Waals surface area contributed by atoms with E-state index in [4.69, 9.17) is 14.5 Å². The van der Waals surface area contributed by atoms with Crippen LogP contribution in [0.25, 0.3) is 22.3 Å². The molecule has 4 rings (SSSR count). The minimum atomic E-state index is -0.951. The molecule has 0 atom stereocenters. The zero-order valence-electron chi connectivity index (χ0n) is 17.2. The molecule has 0 aliphatic carbocycles. The van der Waals surface area contributed by atoms with Crippen LogP contribution in [0.15, 0.2) is 82.2 Å². The number of carboxylic acids is 1. The number of rotatable bonds is 4. The zero-order chi connectivity index (χ0) is 21.3. The molecular formula is C26H23NO3. The summed E-state index contributed by atoms with van der Waals surface area (Å²) in [6, 6.07) is 22.9. The first-order valence-electron chi connectivity index (χ1n) is 9.93. The summed E-state index contributed by atoms with van der Waals surface area (Å²) in [4.78, 5) is 15.9. The van der Waals surface area contributed by atoms with E-state index in [1.807, 2.05) is 25.1 Å². The van der Waals surface area contributed by atoms with E-state index in [1.54, 1.807) is 24.3 Å². The third-order valence-corrected chi connectivity index (χ3v) is 5.12. The van der Waals surface area contributed by atoms with E-state index in [0.29, 0.717) is 11.6 Å². The van der Waals surface area contributed by atoms with Crippen LogP contribution in [0.5, 0.6) is 0 Å². The molecule has 0 aliphatic rings. The molecule has 0 amide bonds. The number of carbonyl (C=O) groups is 1. The van der Waals surface area contributed by atoms with Gasteiger partial charge in [0.05, 0.1) is 16.6 Å². The maximum absolute atomic E-state index is 11.1. The van der Waals surface area contributed by atoms with Crippen LogP contribution in [0, 0.1) is 6.92 Å². The molecular weight excluding hydrogens is 374 g/mol. The minimum Gasteiger partial charge on any atom is -0.478 e. The number of nitrogens with zero attached hydrogens (tertiary/aromatic N) is 1. The Kier molecular flexibility index (Phi) is 5.23. The Hall–Kier alpha value is -3.66. The first-order chi connectivity index (χ1) is 14.4. The summed E-state index contributed by atoms with van der Waals surface area (Å²) in [5.74, 6) is 0.255. The van der Waals surface area contributed by atoms with Crippen molar-refractivity contribution in [3.8, 4) is 11.3 Å². The van der Waals surface area contributed by atoms with Crippen molar-refractivity contribution in [2.45, 2.75) is 26.7 Å². The molecule has 4 nitrogen and oxygen atoms in total. The van der Waals surface area contributed by atoms with Crippen LogP contribution in [0.3, 0.4) is 0 Å². The van der Waals surface area contributed by atoms with E-state index in [9.17, 15) is 4.79 Å². The van der Waals surface area contributed by atoms with Gasteiger partial charge in [-0.05, 0) is 54.8 Å². The Labute approximate surface area is 175 Å².